The third kappa shape index (κ3) is 4.57. The second kappa shape index (κ2) is 7.74. The van der Waals surface area contributed by atoms with Gasteiger partial charge in [0.15, 0.2) is 0 Å². The molecule has 0 radical (unpaired) electrons. The minimum atomic E-state index is 0.692. The van der Waals surface area contributed by atoms with Crippen molar-refractivity contribution in [3.8, 4) is 0 Å². The van der Waals surface area contributed by atoms with Gasteiger partial charge in [-0.1, -0.05) is 6.92 Å². The molecule has 1 fully saturated rings. The Bertz CT molecular complexity index is 356. The number of aromatic nitrogens is 2. The molecular weight excluding hydrogens is 264 g/mol. The largest absolute Gasteiger partial charge is 0.369 e. The smallest absolute Gasteiger partial charge is 0.146 e. The van der Waals surface area contributed by atoms with Crippen molar-refractivity contribution in [1.82, 2.24) is 9.97 Å². The van der Waals surface area contributed by atoms with E-state index in [4.69, 9.17) is 0 Å². The van der Waals surface area contributed by atoms with Crippen LogP contribution >= 0.6 is 23.5 Å². The van der Waals surface area contributed by atoms with Crippen molar-refractivity contribution in [2.45, 2.75) is 18.6 Å². The van der Waals surface area contributed by atoms with Crippen molar-refractivity contribution >= 4 is 35.2 Å². The van der Waals surface area contributed by atoms with Crippen molar-refractivity contribution in [2.75, 3.05) is 41.0 Å². The summed E-state index contributed by atoms with van der Waals surface area (Å²) in [5.74, 6) is 5.51. The van der Waals surface area contributed by atoms with E-state index < -0.39 is 0 Å². The number of nitrogens with one attached hydrogen (secondary N) is 2. The zero-order chi connectivity index (χ0) is 12.6. The van der Waals surface area contributed by atoms with Crippen LogP contribution in [-0.2, 0) is 0 Å². The first-order chi connectivity index (χ1) is 8.88. The van der Waals surface area contributed by atoms with E-state index in [-0.39, 0.29) is 0 Å². The summed E-state index contributed by atoms with van der Waals surface area (Å²) in [6.07, 6.45) is 4.65. The quantitative estimate of drug-likeness (QED) is 0.837. The van der Waals surface area contributed by atoms with Gasteiger partial charge in [-0.05, 0) is 6.42 Å². The van der Waals surface area contributed by atoms with Crippen molar-refractivity contribution in [2.24, 2.45) is 0 Å². The van der Waals surface area contributed by atoms with E-state index in [9.17, 15) is 0 Å². The molecule has 1 unspecified atom stereocenters. The van der Waals surface area contributed by atoms with Gasteiger partial charge in [0.25, 0.3) is 0 Å². The molecule has 1 aliphatic heterocycles. The SMILES string of the molecule is CCCNc1cncc(NCC2CSCCS2)n1. The van der Waals surface area contributed by atoms with E-state index in [1.807, 2.05) is 11.8 Å². The van der Waals surface area contributed by atoms with Gasteiger partial charge < -0.3 is 10.6 Å². The Hall–Kier alpha value is -0.620. The lowest BCUT2D eigenvalue weighted by Crippen LogP contribution is -2.23. The van der Waals surface area contributed by atoms with Gasteiger partial charge in [-0.15, -0.1) is 0 Å². The Morgan fingerprint density at radius 1 is 1.28 bits per heavy atom. The fraction of sp³-hybridized carbons (Fsp3) is 0.667. The molecule has 0 aliphatic carbocycles. The van der Waals surface area contributed by atoms with Gasteiger partial charge in [-0.25, -0.2) is 4.98 Å². The van der Waals surface area contributed by atoms with Crippen molar-refractivity contribution < 1.29 is 0 Å². The van der Waals surface area contributed by atoms with Crippen molar-refractivity contribution in [3.05, 3.63) is 12.4 Å². The Labute approximate surface area is 117 Å². The Balaban J connectivity index is 1.80. The molecule has 1 atom stereocenters. The van der Waals surface area contributed by atoms with Gasteiger partial charge >= 0.3 is 0 Å². The first-order valence-electron chi connectivity index (χ1n) is 6.37. The highest BCUT2D eigenvalue weighted by molar-refractivity contribution is 8.06. The lowest BCUT2D eigenvalue weighted by atomic mass is 10.4. The predicted octanol–water partition coefficient (Wildman–Crippen LogP) is 2.56. The highest BCUT2D eigenvalue weighted by Crippen LogP contribution is 2.24. The molecule has 18 heavy (non-hydrogen) atoms. The topological polar surface area (TPSA) is 49.8 Å². The van der Waals surface area contributed by atoms with Gasteiger partial charge in [0.2, 0.25) is 0 Å². The summed E-state index contributed by atoms with van der Waals surface area (Å²) in [5, 5.41) is 7.33. The molecule has 1 saturated heterocycles. The molecule has 2 rings (SSSR count). The summed E-state index contributed by atoms with van der Waals surface area (Å²) in [4.78, 5) is 8.70. The van der Waals surface area contributed by atoms with Crippen LogP contribution in [0.2, 0.25) is 0 Å². The van der Waals surface area contributed by atoms with E-state index in [2.05, 4.69) is 39.3 Å². The first kappa shape index (κ1) is 13.8. The molecule has 4 nitrogen and oxygen atoms in total. The van der Waals surface area contributed by atoms with Crippen LogP contribution < -0.4 is 10.6 Å². The zero-order valence-corrected chi connectivity index (χ0v) is 12.3. The van der Waals surface area contributed by atoms with Crippen molar-refractivity contribution in [1.29, 1.82) is 0 Å². The fourth-order valence-corrected chi connectivity index (χ4v) is 4.27. The van der Waals surface area contributed by atoms with E-state index in [1.54, 1.807) is 12.4 Å². The molecule has 2 heterocycles. The third-order valence-electron chi connectivity index (χ3n) is 2.59. The van der Waals surface area contributed by atoms with Crippen LogP contribution in [0.5, 0.6) is 0 Å². The lowest BCUT2D eigenvalue weighted by Gasteiger charge is -2.21. The second-order valence-electron chi connectivity index (χ2n) is 4.16. The Kier molecular flexibility index (Phi) is 5.93. The number of thioether (sulfide) groups is 2. The van der Waals surface area contributed by atoms with E-state index in [0.717, 1.165) is 31.1 Å². The maximum absolute atomic E-state index is 4.49. The molecule has 2 N–H and O–H groups in total. The third-order valence-corrected chi connectivity index (χ3v) is 5.43. The summed E-state index contributed by atoms with van der Waals surface area (Å²) in [7, 11) is 0. The van der Waals surface area contributed by atoms with Crippen molar-refractivity contribution in [3.63, 3.8) is 0 Å². The van der Waals surface area contributed by atoms with Crippen LogP contribution in [0.15, 0.2) is 12.4 Å². The molecule has 0 amide bonds. The molecule has 1 aromatic heterocycles. The standard InChI is InChI=1S/C12H20N4S2/c1-2-3-14-11-7-13-8-12(16-11)15-6-10-9-17-4-5-18-10/h7-8,10H,2-6,9H2,1H3,(H2,14,15,16). The number of nitrogens with zero attached hydrogens (tertiary/aromatic N) is 2. The average molecular weight is 284 g/mol. The molecule has 0 saturated carbocycles. The van der Waals surface area contributed by atoms with E-state index >= 15 is 0 Å². The lowest BCUT2D eigenvalue weighted by molar-refractivity contribution is 0.956. The number of hydrogen-bond donors (Lipinski definition) is 2. The van der Waals surface area contributed by atoms with Crippen LogP contribution in [0.4, 0.5) is 11.6 Å². The zero-order valence-electron chi connectivity index (χ0n) is 10.7. The summed E-state index contributed by atoms with van der Waals surface area (Å²) in [6, 6.07) is 0. The Morgan fingerprint density at radius 3 is 2.83 bits per heavy atom. The van der Waals surface area contributed by atoms with Crippen LogP contribution in [0.3, 0.4) is 0 Å². The van der Waals surface area contributed by atoms with Crippen LogP contribution in [0.25, 0.3) is 0 Å². The van der Waals surface area contributed by atoms with E-state index in [0.29, 0.717) is 5.25 Å². The van der Waals surface area contributed by atoms with Gasteiger partial charge in [-0.3, -0.25) is 4.98 Å². The highest BCUT2D eigenvalue weighted by atomic mass is 32.2. The molecule has 0 aromatic carbocycles. The normalized spacial score (nSPS) is 19.5. The monoisotopic (exact) mass is 284 g/mol. The van der Waals surface area contributed by atoms with E-state index in [1.165, 1.54) is 17.3 Å². The van der Waals surface area contributed by atoms with Gasteiger partial charge in [-0.2, -0.15) is 23.5 Å². The minimum Gasteiger partial charge on any atom is -0.369 e. The molecular formula is C12H20N4S2. The summed E-state index contributed by atoms with van der Waals surface area (Å²) in [5.41, 5.74) is 0. The van der Waals surface area contributed by atoms with Crippen LogP contribution in [0, 0.1) is 0 Å². The van der Waals surface area contributed by atoms with Gasteiger partial charge in [0, 0.05) is 35.6 Å². The minimum absolute atomic E-state index is 0.692. The average Bonchev–Trinajstić information content (AvgIpc) is 2.44. The molecule has 1 aliphatic rings. The molecule has 0 bridgehead atoms. The summed E-state index contributed by atoms with van der Waals surface area (Å²) in [6.45, 7) is 4.05. The molecule has 0 spiro atoms. The molecule has 100 valence electrons. The number of anilines is 2. The Morgan fingerprint density at radius 2 is 2.11 bits per heavy atom. The highest BCUT2D eigenvalue weighted by Gasteiger charge is 2.13. The van der Waals surface area contributed by atoms with Gasteiger partial charge in [0.05, 0.1) is 12.4 Å². The van der Waals surface area contributed by atoms with Gasteiger partial charge in [0.1, 0.15) is 11.6 Å². The maximum atomic E-state index is 4.49. The first-order valence-corrected chi connectivity index (χ1v) is 8.58. The number of hydrogen-bond acceptors (Lipinski definition) is 6. The number of rotatable bonds is 6. The molecule has 1 aromatic rings. The predicted molar refractivity (Wildman–Crippen MR) is 82.9 cm³/mol. The van der Waals surface area contributed by atoms with Crippen LogP contribution in [0.1, 0.15) is 13.3 Å². The van der Waals surface area contributed by atoms with Crippen LogP contribution in [-0.4, -0.2) is 45.6 Å². The summed E-state index contributed by atoms with van der Waals surface area (Å²) >= 11 is 4.10. The molecule has 6 heteroatoms. The fourth-order valence-electron chi connectivity index (χ4n) is 1.66. The summed E-state index contributed by atoms with van der Waals surface area (Å²) < 4.78 is 0. The second-order valence-corrected chi connectivity index (χ2v) is 6.72. The maximum Gasteiger partial charge on any atom is 0.146 e.